The molecule has 1 heterocycles. The van der Waals surface area contributed by atoms with Crippen LogP contribution in [-0.2, 0) is 11.2 Å². The summed E-state index contributed by atoms with van der Waals surface area (Å²) in [7, 11) is 1.67. The number of hydrogen-bond acceptors (Lipinski definition) is 3. The Morgan fingerprint density at radius 2 is 2.00 bits per heavy atom. The summed E-state index contributed by atoms with van der Waals surface area (Å²) in [6.07, 6.45) is 14.3. The van der Waals surface area contributed by atoms with Gasteiger partial charge in [0.15, 0.2) is 0 Å². The van der Waals surface area contributed by atoms with Crippen molar-refractivity contribution in [2.75, 3.05) is 7.11 Å². The Hall–Kier alpha value is -2.88. The zero-order chi connectivity index (χ0) is 20.9. The smallest absolute Gasteiger partial charge is 0.244 e. The number of benzene rings is 1. The molecule has 0 spiro atoms. The largest absolute Gasteiger partial charge is 0.497 e. The molecule has 0 radical (unpaired) electrons. The summed E-state index contributed by atoms with van der Waals surface area (Å²) in [6, 6.07) is 12.1. The highest BCUT2D eigenvalue weighted by Gasteiger charge is 2.06. The predicted octanol–water partition coefficient (Wildman–Crippen LogP) is 5.36. The van der Waals surface area contributed by atoms with Crippen LogP contribution in [0.4, 0.5) is 0 Å². The van der Waals surface area contributed by atoms with E-state index in [4.69, 9.17) is 4.74 Å². The number of aromatic nitrogens is 1. The van der Waals surface area contributed by atoms with E-state index in [1.54, 1.807) is 19.4 Å². The average molecular weight is 393 g/mol. The number of methoxy groups -OCH3 is 1. The van der Waals surface area contributed by atoms with Crippen LogP contribution in [0.25, 0.3) is 5.57 Å². The second-order valence-corrected chi connectivity index (χ2v) is 7.21. The van der Waals surface area contributed by atoms with Crippen molar-refractivity contribution in [1.82, 2.24) is 10.3 Å². The summed E-state index contributed by atoms with van der Waals surface area (Å²) in [5, 5.41) is 3.01. The van der Waals surface area contributed by atoms with Crippen LogP contribution in [0.5, 0.6) is 5.75 Å². The highest BCUT2D eigenvalue weighted by Crippen LogP contribution is 2.23. The molecule has 1 atom stereocenters. The lowest BCUT2D eigenvalue weighted by molar-refractivity contribution is -0.117. The molecule has 0 fully saturated rings. The van der Waals surface area contributed by atoms with Gasteiger partial charge in [-0.15, -0.1) is 0 Å². The second-order valence-electron chi connectivity index (χ2n) is 7.21. The van der Waals surface area contributed by atoms with Crippen LogP contribution in [0.3, 0.4) is 0 Å². The zero-order valence-electron chi connectivity index (χ0n) is 17.7. The molecule has 0 saturated heterocycles. The van der Waals surface area contributed by atoms with Gasteiger partial charge in [-0.2, -0.15) is 0 Å². The minimum Gasteiger partial charge on any atom is -0.497 e. The van der Waals surface area contributed by atoms with Crippen LogP contribution in [0, 0.1) is 0 Å². The van der Waals surface area contributed by atoms with Gasteiger partial charge >= 0.3 is 0 Å². The highest BCUT2D eigenvalue weighted by atomic mass is 16.5. The van der Waals surface area contributed by atoms with E-state index in [2.05, 4.69) is 29.4 Å². The molecule has 0 saturated carbocycles. The molecule has 2 aromatic rings. The number of amides is 1. The lowest BCUT2D eigenvalue weighted by Crippen LogP contribution is -2.32. The van der Waals surface area contributed by atoms with E-state index in [1.165, 1.54) is 18.4 Å². The lowest BCUT2D eigenvalue weighted by atomic mass is 9.99. The van der Waals surface area contributed by atoms with Gasteiger partial charge in [0.1, 0.15) is 5.75 Å². The third-order valence-electron chi connectivity index (χ3n) is 4.71. The van der Waals surface area contributed by atoms with E-state index in [0.29, 0.717) is 0 Å². The van der Waals surface area contributed by atoms with Crippen molar-refractivity contribution in [3.8, 4) is 5.75 Å². The van der Waals surface area contributed by atoms with Gasteiger partial charge in [0, 0.05) is 24.5 Å². The Balaban J connectivity index is 1.97. The Kier molecular flexibility index (Phi) is 9.70. The molecule has 0 aliphatic heterocycles. The summed E-state index contributed by atoms with van der Waals surface area (Å²) in [6.45, 7) is 4.20. The Morgan fingerprint density at radius 1 is 1.21 bits per heavy atom. The third kappa shape index (κ3) is 8.34. The van der Waals surface area contributed by atoms with Crippen LogP contribution >= 0.6 is 0 Å². The van der Waals surface area contributed by atoms with Crippen LogP contribution in [-0.4, -0.2) is 24.0 Å². The van der Waals surface area contributed by atoms with Gasteiger partial charge < -0.3 is 10.1 Å². The Bertz CT molecular complexity index is 795. The monoisotopic (exact) mass is 392 g/mol. The van der Waals surface area contributed by atoms with E-state index >= 15 is 0 Å². The fourth-order valence-corrected chi connectivity index (χ4v) is 3.16. The maximum atomic E-state index is 12.2. The number of nitrogens with zero attached hydrogens (tertiary/aromatic N) is 1. The molecular formula is C25H32N2O2. The van der Waals surface area contributed by atoms with E-state index in [9.17, 15) is 4.79 Å². The molecule has 29 heavy (non-hydrogen) atoms. The van der Waals surface area contributed by atoms with Crippen molar-refractivity contribution >= 4 is 11.5 Å². The first-order valence-electron chi connectivity index (χ1n) is 10.3. The van der Waals surface area contributed by atoms with Gasteiger partial charge in [-0.1, -0.05) is 50.1 Å². The summed E-state index contributed by atoms with van der Waals surface area (Å²) in [5.41, 5.74) is 3.51. The van der Waals surface area contributed by atoms with Gasteiger partial charge in [0.25, 0.3) is 0 Å². The fraction of sp³-hybridized carbons (Fsp3) is 0.360. The van der Waals surface area contributed by atoms with Crippen molar-refractivity contribution in [2.45, 2.75) is 52.0 Å². The maximum Gasteiger partial charge on any atom is 0.244 e. The standard InChI is InChI=1S/C25H32N2O2/c1-4-5-6-10-22(23-13-15-24(29-3)16-14-23)11-7-12-25(28)27-20(2)18-21-9-8-17-26-19-21/h7-9,11-17,19-20H,4-6,10,18H2,1-3H3,(H,27,28)/t20-/m1/s1. The average Bonchev–Trinajstić information content (AvgIpc) is 2.73. The van der Waals surface area contributed by atoms with Crippen LogP contribution < -0.4 is 10.1 Å². The number of carbonyl (C=O) groups is 1. The first-order chi connectivity index (χ1) is 14.1. The van der Waals surface area contributed by atoms with E-state index in [1.807, 2.05) is 49.5 Å². The SMILES string of the molecule is CCCCCC(=CC=CC(=O)N[C@H](C)Cc1cccnc1)c1ccc(OC)cc1. The van der Waals surface area contributed by atoms with Gasteiger partial charge in [-0.3, -0.25) is 9.78 Å². The molecule has 154 valence electrons. The molecule has 1 aromatic heterocycles. The quantitative estimate of drug-likeness (QED) is 0.318. The van der Waals surface area contributed by atoms with E-state index < -0.39 is 0 Å². The molecule has 0 aliphatic carbocycles. The number of hydrogen-bond donors (Lipinski definition) is 1. The number of nitrogens with one attached hydrogen (secondary N) is 1. The van der Waals surface area contributed by atoms with Gasteiger partial charge in [0.2, 0.25) is 5.91 Å². The Labute approximate surface area is 174 Å². The topological polar surface area (TPSA) is 51.2 Å². The first kappa shape index (κ1) is 22.4. The number of allylic oxidation sites excluding steroid dienone is 3. The number of carbonyl (C=O) groups excluding carboxylic acids is 1. The molecule has 4 nitrogen and oxygen atoms in total. The molecule has 0 unspecified atom stereocenters. The molecule has 1 amide bonds. The molecule has 1 aromatic carbocycles. The molecule has 4 heteroatoms. The number of pyridine rings is 1. The molecule has 0 aliphatic rings. The summed E-state index contributed by atoms with van der Waals surface area (Å²) >= 11 is 0. The van der Waals surface area contributed by atoms with Gasteiger partial charge in [-0.05, 0) is 61.1 Å². The second kappa shape index (κ2) is 12.6. The summed E-state index contributed by atoms with van der Waals surface area (Å²) in [5.74, 6) is 0.763. The van der Waals surface area contributed by atoms with Crippen LogP contribution in [0.1, 0.15) is 50.7 Å². The first-order valence-corrected chi connectivity index (χ1v) is 10.3. The van der Waals surface area contributed by atoms with Gasteiger partial charge in [0.05, 0.1) is 7.11 Å². The molecular weight excluding hydrogens is 360 g/mol. The van der Waals surface area contributed by atoms with Gasteiger partial charge in [-0.25, -0.2) is 0 Å². The highest BCUT2D eigenvalue weighted by molar-refractivity contribution is 5.88. The van der Waals surface area contributed by atoms with Crippen LogP contribution in [0.2, 0.25) is 0 Å². The van der Waals surface area contributed by atoms with Crippen molar-refractivity contribution < 1.29 is 9.53 Å². The van der Waals surface area contributed by atoms with E-state index in [0.717, 1.165) is 36.1 Å². The third-order valence-corrected chi connectivity index (χ3v) is 4.71. The Morgan fingerprint density at radius 3 is 2.66 bits per heavy atom. The number of unbranched alkanes of at least 4 members (excludes halogenated alkanes) is 2. The number of ether oxygens (including phenoxy) is 1. The molecule has 0 bridgehead atoms. The minimum atomic E-state index is -0.0831. The molecule has 2 rings (SSSR count). The summed E-state index contributed by atoms with van der Waals surface area (Å²) in [4.78, 5) is 16.4. The van der Waals surface area contributed by atoms with Crippen molar-refractivity contribution in [3.05, 3.63) is 78.1 Å². The zero-order valence-corrected chi connectivity index (χ0v) is 17.7. The normalized spacial score (nSPS) is 12.7. The van der Waals surface area contributed by atoms with Crippen molar-refractivity contribution in [3.63, 3.8) is 0 Å². The number of rotatable bonds is 11. The fourth-order valence-electron chi connectivity index (χ4n) is 3.16. The molecule has 1 N–H and O–H groups in total. The summed E-state index contributed by atoms with van der Waals surface area (Å²) < 4.78 is 5.25. The maximum absolute atomic E-state index is 12.2. The predicted molar refractivity (Wildman–Crippen MR) is 120 cm³/mol. The minimum absolute atomic E-state index is 0.0472. The van der Waals surface area contributed by atoms with Crippen LogP contribution in [0.15, 0.2) is 67.0 Å². The van der Waals surface area contributed by atoms with Crippen molar-refractivity contribution in [2.24, 2.45) is 0 Å². The lowest BCUT2D eigenvalue weighted by Gasteiger charge is -2.12. The van der Waals surface area contributed by atoms with E-state index in [-0.39, 0.29) is 11.9 Å². The van der Waals surface area contributed by atoms with Crippen molar-refractivity contribution in [1.29, 1.82) is 0 Å².